The largest absolute Gasteiger partial charge is 0.353 e. The Balaban J connectivity index is 1.68. The predicted octanol–water partition coefficient (Wildman–Crippen LogP) is 3.98. The van der Waals surface area contributed by atoms with Gasteiger partial charge in [0.25, 0.3) is 0 Å². The maximum absolute atomic E-state index is 4.48. The number of aromatic nitrogens is 2. The van der Waals surface area contributed by atoms with Crippen molar-refractivity contribution >= 4 is 5.95 Å². The molecule has 3 nitrogen and oxygen atoms in total. The fraction of sp³-hybridized carbons (Fsp3) is 0.471. The van der Waals surface area contributed by atoms with Gasteiger partial charge >= 0.3 is 0 Å². The molecular weight excluding hydrogens is 246 g/mol. The van der Waals surface area contributed by atoms with Crippen LogP contribution in [0.15, 0.2) is 36.7 Å². The third-order valence-electron chi connectivity index (χ3n) is 4.13. The minimum Gasteiger partial charge on any atom is -0.353 e. The minimum atomic E-state index is 0.600. The Hall–Kier alpha value is -1.77. The number of nitrogens with one attached hydrogen (secondary N) is 1. The maximum Gasteiger partial charge on any atom is 0.203 e. The van der Waals surface area contributed by atoms with E-state index in [1.54, 1.807) is 0 Å². The van der Waals surface area contributed by atoms with Gasteiger partial charge in [0.15, 0.2) is 0 Å². The Kier molecular flexibility index (Phi) is 4.05. The number of anilines is 1. The van der Waals surface area contributed by atoms with Crippen LogP contribution in [0, 0.1) is 6.92 Å². The van der Waals surface area contributed by atoms with Crippen LogP contribution < -0.4 is 5.32 Å². The Bertz CT molecular complexity index is 536. The lowest BCUT2D eigenvalue weighted by molar-refractivity contribution is 0.459. The summed E-state index contributed by atoms with van der Waals surface area (Å²) in [6.07, 6.45) is 10.6. The van der Waals surface area contributed by atoms with Gasteiger partial charge in [0.2, 0.25) is 5.95 Å². The Morgan fingerprint density at radius 2 is 1.90 bits per heavy atom. The number of benzene rings is 1. The molecule has 0 atom stereocenters. The molecule has 2 aromatic rings. The molecule has 0 spiro atoms. The highest BCUT2D eigenvalue weighted by Crippen LogP contribution is 2.21. The van der Waals surface area contributed by atoms with Crippen LogP contribution in [0.25, 0.3) is 0 Å². The summed E-state index contributed by atoms with van der Waals surface area (Å²) in [5, 5.41) is 3.61. The highest BCUT2D eigenvalue weighted by atomic mass is 15.2. The van der Waals surface area contributed by atoms with Crippen molar-refractivity contribution in [2.75, 3.05) is 5.32 Å². The van der Waals surface area contributed by atoms with E-state index in [4.69, 9.17) is 0 Å². The first-order chi connectivity index (χ1) is 9.81. The van der Waals surface area contributed by atoms with Crippen LogP contribution in [0.3, 0.4) is 0 Å². The smallest absolute Gasteiger partial charge is 0.203 e. The van der Waals surface area contributed by atoms with E-state index in [1.807, 2.05) is 6.20 Å². The number of aryl methyl sites for hydroxylation is 1. The van der Waals surface area contributed by atoms with E-state index >= 15 is 0 Å². The average Bonchev–Trinajstić information content (AvgIpc) is 2.90. The minimum absolute atomic E-state index is 0.600. The first-order valence-electron chi connectivity index (χ1n) is 7.64. The van der Waals surface area contributed by atoms with Gasteiger partial charge in [-0.05, 0) is 25.3 Å². The van der Waals surface area contributed by atoms with Gasteiger partial charge < -0.3 is 9.88 Å². The molecule has 1 saturated carbocycles. The summed E-state index contributed by atoms with van der Waals surface area (Å²) >= 11 is 0. The van der Waals surface area contributed by atoms with Crippen LogP contribution >= 0.6 is 0 Å². The predicted molar refractivity (Wildman–Crippen MR) is 83.0 cm³/mol. The van der Waals surface area contributed by atoms with E-state index < -0.39 is 0 Å². The second kappa shape index (κ2) is 6.12. The molecule has 1 aliphatic rings. The van der Waals surface area contributed by atoms with Gasteiger partial charge in [-0.25, -0.2) is 4.98 Å². The maximum atomic E-state index is 4.48. The number of imidazole rings is 1. The molecule has 3 heteroatoms. The van der Waals surface area contributed by atoms with Crippen molar-refractivity contribution in [1.29, 1.82) is 0 Å². The van der Waals surface area contributed by atoms with Gasteiger partial charge in [-0.2, -0.15) is 0 Å². The molecule has 3 rings (SSSR count). The van der Waals surface area contributed by atoms with Crippen molar-refractivity contribution in [3.63, 3.8) is 0 Å². The van der Waals surface area contributed by atoms with Crippen molar-refractivity contribution < 1.29 is 0 Å². The normalized spacial score (nSPS) is 16.2. The van der Waals surface area contributed by atoms with Crippen molar-refractivity contribution in [2.45, 2.75) is 51.6 Å². The third-order valence-corrected chi connectivity index (χ3v) is 4.13. The standard InChI is InChI=1S/C17H23N3/c1-14-7-9-15(10-8-14)13-20-12-11-18-17(20)19-16-5-3-2-4-6-16/h7-12,16H,2-6,13H2,1H3,(H,18,19). The molecule has 1 fully saturated rings. The number of nitrogens with zero attached hydrogens (tertiary/aromatic N) is 2. The van der Waals surface area contributed by atoms with Gasteiger partial charge in [-0.3, -0.25) is 0 Å². The lowest BCUT2D eigenvalue weighted by atomic mass is 9.96. The van der Waals surface area contributed by atoms with E-state index in [0.29, 0.717) is 6.04 Å². The second-order valence-electron chi connectivity index (χ2n) is 5.84. The second-order valence-corrected chi connectivity index (χ2v) is 5.84. The van der Waals surface area contributed by atoms with Crippen LogP contribution in [0.5, 0.6) is 0 Å². The molecule has 0 bridgehead atoms. The van der Waals surface area contributed by atoms with Crippen molar-refractivity contribution in [3.8, 4) is 0 Å². The van der Waals surface area contributed by atoms with Gasteiger partial charge in [0.1, 0.15) is 0 Å². The zero-order chi connectivity index (χ0) is 13.8. The molecule has 1 heterocycles. The van der Waals surface area contributed by atoms with Gasteiger partial charge in [-0.1, -0.05) is 49.1 Å². The molecule has 1 aliphatic carbocycles. The molecule has 0 amide bonds. The molecule has 0 radical (unpaired) electrons. The van der Waals surface area contributed by atoms with Gasteiger partial charge in [0, 0.05) is 18.4 Å². The quantitative estimate of drug-likeness (QED) is 0.909. The van der Waals surface area contributed by atoms with Crippen LogP contribution in [-0.4, -0.2) is 15.6 Å². The Morgan fingerprint density at radius 1 is 1.15 bits per heavy atom. The topological polar surface area (TPSA) is 29.9 Å². The summed E-state index contributed by atoms with van der Waals surface area (Å²) in [5.74, 6) is 1.01. The molecule has 20 heavy (non-hydrogen) atoms. The number of rotatable bonds is 4. The zero-order valence-corrected chi connectivity index (χ0v) is 12.2. The fourth-order valence-corrected chi connectivity index (χ4v) is 2.90. The van der Waals surface area contributed by atoms with E-state index in [1.165, 1.54) is 43.2 Å². The number of hydrogen-bond acceptors (Lipinski definition) is 2. The fourth-order valence-electron chi connectivity index (χ4n) is 2.90. The molecule has 0 unspecified atom stereocenters. The highest BCUT2D eigenvalue weighted by Gasteiger charge is 2.15. The molecule has 106 valence electrons. The van der Waals surface area contributed by atoms with Crippen molar-refractivity contribution in [3.05, 3.63) is 47.8 Å². The lowest BCUT2D eigenvalue weighted by Gasteiger charge is -2.23. The number of hydrogen-bond donors (Lipinski definition) is 1. The Morgan fingerprint density at radius 3 is 2.65 bits per heavy atom. The van der Waals surface area contributed by atoms with Crippen LogP contribution in [-0.2, 0) is 6.54 Å². The summed E-state index contributed by atoms with van der Waals surface area (Å²) in [6.45, 7) is 3.01. The Labute approximate surface area is 121 Å². The lowest BCUT2D eigenvalue weighted by Crippen LogP contribution is -2.24. The summed E-state index contributed by atoms with van der Waals surface area (Å²) in [7, 11) is 0. The van der Waals surface area contributed by atoms with E-state index in [-0.39, 0.29) is 0 Å². The highest BCUT2D eigenvalue weighted by molar-refractivity contribution is 5.30. The summed E-state index contributed by atoms with van der Waals surface area (Å²) < 4.78 is 2.21. The van der Waals surface area contributed by atoms with Gasteiger partial charge in [0.05, 0.1) is 6.54 Å². The first kappa shape index (κ1) is 13.2. The van der Waals surface area contributed by atoms with Crippen LogP contribution in [0.2, 0.25) is 0 Å². The molecule has 0 saturated heterocycles. The van der Waals surface area contributed by atoms with E-state index in [9.17, 15) is 0 Å². The molecular formula is C17H23N3. The third kappa shape index (κ3) is 3.21. The molecule has 1 aromatic carbocycles. The van der Waals surface area contributed by atoms with Crippen LogP contribution in [0.1, 0.15) is 43.2 Å². The van der Waals surface area contributed by atoms with Crippen molar-refractivity contribution in [2.24, 2.45) is 0 Å². The summed E-state index contributed by atoms with van der Waals surface area (Å²) in [4.78, 5) is 4.48. The summed E-state index contributed by atoms with van der Waals surface area (Å²) in [6, 6.07) is 9.32. The molecule has 1 N–H and O–H groups in total. The van der Waals surface area contributed by atoms with E-state index in [2.05, 4.69) is 52.3 Å². The monoisotopic (exact) mass is 269 g/mol. The van der Waals surface area contributed by atoms with Gasteiger partial charge in [-0.15, -0.1) is 0 Å². The van der Waals surface area contributed by atoms with E-state index in [0.717, 1.165) is 12.5 Å². The molecule has 1 aromatic heterocycles. The summed E-state index contributed by atoms with van der Waals surface area (Å²) in [5.41, 5.74) is 2.63. The SMILES string of the molecule is Cc1ccc(Cn2ccnc2NC2CCCCC2)cc1. The molecule has 0 aliphatic heterocycles. The van der Waals surface area contributed by atoms with Crippen LogP contribution in [0.4, 0.5) is 5.95 Å². The average molecular weight is 269 g/mol. The zero-order valence-electron chi connectivity index (χ0n) is 12.2. The van der Waals surface area contributed by atoms with Crippen molar-refractivity contribution in [1.82, 2.24) is 9.55 Å². The first-order valence-corrected chi connectivity index (χ1v) is 7.64.